The molecule has 2 nitrogen and oxygen atoms in total. The van der Waals surface area contributed by atoms with Crippen LogP contribution in [0.2, 0.25) is 0 Å². The zero-order valence-corrected chi connectivity index (χ0v) is 7.25. The normalized spacial score (nSPS) is 18.7. The highest BCUT2D eigenvalue weighted by atomic mass is 16.3. The van der Waals surface area contributed by atoms with Crippen molar-refractivity contribution in [3.8, 4) is 0 Å². The number of rotatable bonds is 2. The van der Waals surface area contributed by atoms with E-state index < -0.39 is 0 Å². The maximum atomic E-state index is 9.06. The largest absolute Gasteiger partial charge is 0.512 e. The van der Waals surface area contributed by atoms with Gasteiger partial charge in [-0.1, -0.05) is 12.2 Å². The molecule has 0 unspecified atom stereocenters. The highest BCUT2D eigenvalue weighted by Crippen LogP contribution is 2.18. The lowest BCUT2D eigenvalue weighted by atomic mass is 10.0. The smallest absolute Gasteiger partial charge is 0.0926 e. The second-order valence-corrected chi connectivity index (χ2v) is 3.05. The second-order valence-electron chi connectivity index (χ2n) is 3.05. The summed E-state index contributed by atoms with van der Waals surface area (Å²) in [5, 5.41) is 17.8. The molecule has 0 bridgehead atoms. The summed E-state index contributed by atoms with van der Waals surface area (Å²) in [6.45, 7) is 1.99. The highest BCUT2D eigenvalue weighted by Gasteiger charge is 2.02. The molecule has 2 heteroatoms. The van der Waals surface area contributed by atoms with Gasteiger partial charge in [0.2, 0.25) is 0 Å². The van der Waals surface area contributed by atoms with Gasteiger partial charge in [-0.05, 0) is 30.6 Å². The van der Waals surface area contributed by atoms with Crippen LogP contribution in [0, 0.1) is 0 Å². The number of allylic oxidation sites excluding steroid dienone is 5. The van der Waals surface area contributed by atoms with Crippen LogP contribution in [0.15, 0.2) is 35.1 Å². The molecule has 1 aliphatic rings. The average Bonchev–Trinajstić information content (AvgIpc) is 2.09. The van der Waals surface area contributed by atoms with Gasteiger partial charge in [0.1, 0.15) is 0 Å². The van der Waals surface area contributed by atoms with E-state index in [4.69, 9.17) is 10.2 Å². The van der Waals surface area contributed by atoms with Gasteiger partial charge in [-0.2, -0.15) is 0 Å². The number of aliphatic hydroxyl groups is 2. The Bertz CT molecular complexity index is 244. The van der Waals surface area contributed by atoms with E-state index in [1.54, 1.807) is 6.08 Å². The predicted molar refractivity (Wildman–Crippen MR) is 48.9 cm³/mol. The van der Waals surface area contributed by atoms with Gasteiger partial charge in [0.25, 0.3) is 0 Å². The molecule has 66 valence electrons. The van der Waals surface area contributed by atoms with Crippen molar-refractivity contribution in [2.45, 2.75) is 19.8 Å². The Kier molecular flexibility index (Phi) is 3.11. The highest BCUT2D eigenvalue weighted by molar-refractivity contribution is 5.30. The molecule has 0 fully saturated rings. The Morgan fingerprint density at radius 2 is 2.25 bits per heavy atom. The summed E-state index contributed by atoms with van der Waals surface area (Å²) in [6, 6.07) is 0. The van der Waals surface area contributed by atoms with Crippen LogP contribution in [0.5, 0.6) is 0 Å². The zero-order chi connectivity index (χ0) is 8.97. The monoisotopic (exact) mass is 166 g/mol. The summed E-state index contributed by atoms with van der Waals surface area (Å²) >= 11 is 0. The van der Waals surface area contributed by atoms with E-state index in [1.165, 1.54) is 5.57 Å². The van der Waals surface area contributed by atoms with E-state index in [0.717, 1.165) is 12.0 Å². The SMILES string of the molecule is C/C(=C/C1=CC=C(O)CC1)CO. The summed E-state index contributed by atoms with van der Waals surface area (Å²) in [7, 11) is 0. The van der Waals surface area contributed by atoms with E-state index in [9.17, 15) is 0 Å². The third-order valence-electron chi connectivity index (χ3n) is 1.84. The quantitative estimate of drug-likeness (QED) is 0.659. The summed E-state index contributed by atoms with van der Waals surface area (Å²) in [5.74, 6) is 0.439. The standard InChI is InChI=1S/C10H14O2/c1-8(7-11)6-9-2-4-10(12)5-3-9/h2,4,6,11-12H,3,5,7H2,1H3/b8-6-. The zero-order valence-electron chi connectivity index (χ0n) is 7.25. The summed E-state index contributed by atoms with van der Waals surface area (Å²) < 4.78 is 0. The Balaban J connectivity index is 2.66. The van der Waals surface area contributed by atoms with Gasteiger partial charge in [-0.25, -0.2) is 0 Å². The van der Waals surface area contributed by atoms with Crippen LogP contribution in [0.4, 0.5) is 0 Å². The third-order valence-corrected chi connectivity index (χ3v) is 1.84. The first-order valence-corrected chi connectivity index (χ1v) is 4.09. The van der Waals surface area contributed by atoms with Gasteiger partial charge in [0.15, 0.2) is 0 Å². The Morgan fingerprint density at radius 3 is 2.75 bits per heavy atom. The predicted octanol–water partition coefficient (Wildman–Crippen LogP) is 2.09. The molecule has 0 amide bonds. The number of hydrogen-bond acceptors (Lipinski definition) is 2. The van der Waals surface area contributed by atoms with Gasteiger partial charge < -0.3 is 10.2 Å². The fourth-order valence-corrected chi connectivity index (χ4v) is 1.12. The van der Waals surface area contributed by atoms with E-state index in [2.05, 4.69) is 0 Å². The minimum absolute atomic E-state index is 0.104. The van der Waals surface area contributed by atoms with Crippen LogP contribution in [-0.4, -0.2) is 16.8 Å². The Morgan fingerprint density at radius 1 is 1.50 bits per heavy atom. The minimum Gasteiger partial charge on any atom is -0.512 e. The summed E-state index contributed by atoms with van der Waals surface area (Å²) in [4.78, 5) is 0. The molecule has 0 saturated carbocycles. The van der Waals surface area contributed by atoms with Crippen molar-refractivity contribution in [2.75, 3.05) is 6.61 Å². The molecule has 0 spiro atoms. The van der Waals surface area contributed by atoms with Gasteiger partial charge in [0.05, 0.1) is 12.4 Å². The van der Waals surface area contributed by atoms with E-state index >= 15 is 0 Å². The van der Waals surface area contributed by atoms with Crippen molar-refractivity contribution in [2.24, 2.45) is 0 Å². The first kappa shape index (κ1) is 9.07. The van der Waals surface area contributed by atoms with Crippen molar-refractivity contribution in [3.05, 3.63) is 35.1 Å². The van der Waals surface area contributed by atoms with Crippen LogP contribution in [0.25, 0.3) is 0 Å². The van der Waals surface area contributed by atoms with Crippen LogP contribution >= 0.6 is 0 Å². The van der Waals surface area contributed by atoms with Gasteiger partial charge in [-0.3, -0.25) is 0 Å². The van der Waals surface area contributed by atoms with Crippen molar-refractivity contribution >= 4 is 0 Å². The third kappa shape index (κ3) is 2.55. The first-order valence-electron chi connectivity index (χ1n) is 4.09. The topological polar surface area (TPSA) is 40.5 Å². The lowest BCUT2D eigenvalue weighted by Crippen LogP contribution is -1.92. The summed E-state index contributed by atoms with van der Waals surface area (Å²) in [6.07, 6.45) is 7.13. The van der Waals surface area contributed by atoms with Gasteiger partial charge in [-0.15, -0.1) is 0 Å². The van der Waals surface area contributed by atoms with Gasteiger partial charge in [0, 0.05) is 6.42 Å². The molecule has 0 radical (unpaired) electrons. The maximum Gasteiger partial charge on any atom is 0.0926 e. The van der Waals surface area contributed by atoms with Crippen molar-refractivity contribution in [3.63, 3.8) is 0 Å². The molecular weight excluding hydrogens is 152 g/mol. The molecule has 0 aromatic carbocycles. The van der Waals surface area contributed by atoms with E-state index in [0.29, 0.717) is 12.2 Å². The second kappa shape index (κ2) is 4.12. The van der Waals surface area contributed by atoms with E-state index in [1.807, 2.05) is 19.1 Å². The fourth-order valence-electron chi connectivity index (χ4n) is 1.12. The number of hydrogen-bond donors (Lipinski definition) is 2. The van der Waals surface area contributed by atoms with Crippen molar-refractivity contribution in [1.29, 1.82) is 0 Å². The van der Waals surface area contributed by atoms with Crippen LogP contribution < -0.4 is 0 Å². The first-order chi connectivity index (χ1) is 5.72. The molecular formula is C10H14O2. The maximum absolute atomic E-state index is 9.06. The lowest BCUT2D eigenvalue weighted by molar-refractivity contribution is 0.331. The van der Waals surface area contributed by atoms with Crippen molar-refractivity contribution in [1.82, 2.24) is 0 Å². The van der Waals surface area contributed by atoms with Crippen LogP contribution in [0.3, 0.4) is 0 Å². The molecule has 1 rings (SSSR count). The molecule has 0 aromatic heterocycles. The molecule has 0 aromatic rings. The molecule has 12 heavy (non-hydrogen) atoms. The molecule has 1 aliphatic carbocycles. The van der Waals surface area contributed by atoms with Crippen LogP contribution in [-0.2, 0) is 0 Å². The molecule has 0 saturated heterocycles. The minimum atomic E-state index is 0.104. The molecule has 2 N–H and O–H groups in total. The molecule has 0 aliphatic heterocycles. The Labute approximate surface area is 72.5 Å². The lowest BCUT2D eigenvalue weighted by Gasteiger charge is -2.07. The summed E-state index contributed by atoms with van der Waals surface area (Å²) in [5.41, 5.74) is 2.12. The number of aliphatic hydroxyl groups excluding tert-OH is 2. The fraction of sp³-hybridized carbons (Fsp3) is 0.400. The van der Waals surface area contributed by atoms with E-state index in [-0.39, 0.29) is 6.61 Å². The van der Waals surface area contributed by atoms with Crippen LogP contribution in [0.1, 0.15) is 19.8 Å². The molecule has 0 heterocycles. The van der Waals surface area contributed by atoms with Gasteiger partial charge >= 0.3 is 0 Å². The van der Waals surface area contributed by atoms with Crippen molar-refractivity contribution < 1.29 is 10.2 Å². The Hall–Kier alpha value is -1.02. The average molecular weight is 166 g/mol. The molecule has 0 atom stereocenters.